The summed E-state index contributed by atoms with van der Waals surface area (Å²) in [6, 6.07) is 4.59. The van der Waals surface area contributed by atoms with E-state index in [0.717, 1.165) is 23.6 Å². The maximum atomic E-state index is 9.47. The van der Waals surface area contributed by atoms with E-state index in [2.05, 4.69) is 37.6 Å². The van der Waals surface area contributed by atoms with E-state index < -0.39 is 0 Å². The third kappa shape index (κ3) is 3.95. The van der Waals surface area contributed by atoms with E-state index in [1.54, 1.807) is 0 Å². The molecule has 0 aromatic carbocycles. The van der Waals surface area contributed by atoms with Gasteiger partial charge in [-0.2, -0.15) is 0 Å². The molecular weight excluding hydrogens is 262 g/mol. The van der Waals surface area contributed by atoms with Gasteiger partial charge in [0.05, 0.1) is 6.61 Å². The molecule has 0 atom stereocenters. The second-order valence-electron chi connectivity index (χ2n) is 6.35. The fourth-order valence-corrected chi connectivity index (χ4v) is 2.97. The minimum Gasteiger partial charge on any atom is -0.392 e. The van der Waals surface area contributed by atoms with Crippen molar-refractivity contribution >= 4 is 5.82 Å². The first kappa shape index (κ1) is 16.2. The van der Waals surface area contributed by atoms with Gasteiger partial charge in [-0.1, -0.05) is 20.8 Å². The van der Waals surface area contributed by atoms with Crippen molar-refractivity contribution in [3.05, 3.63) is 23.4 Å². The van der Waals surface area contributed by atoms with Gasteiger partial charge in [0, 0.05) is 31.9 Å². The molecule has 1 aliphatic rings. The Morgan fingerprint density at radius 2 is 2.00 bits per heavy atom. The molecule has 2 heterocycles. The Balaban J connectivity index is 2.15. The van der Waals surface area contributed by atoms with Gasteiger partial charge in [-0.15, -0.1) is 0 Å². The Bertz CT molecular complexity index is 453. The van der Waals surface area contributed by atoms with Gasteiger partial charge in [-0.3, -0.25) is 0 Å². The Labute approximate surface area is 128 Å². The molecular formula is C17H29N3O. The lowest BCUT2D eigenvalue weighted by Crippen LogP contribution is -2.43. The molecule has 0 saturated carbocycles. The standard InChI is InChI=1S/C17H29N3O/c1-5-20-8-6-15(7-9-20)19(4)17-11-14(12-21)10-16(18-17)13(2)3/h10-11,13,15,21H,5-9,12H2,1-4H3. The van der Waals surface area contributed by atoms with Crippen LogP contribution >= 0.6 is 0 Å². The summed E-state index contributed by atoms with van der Waals surface area (Å²) in [6.07, 6.45) is 2.37. The van der Waals surface area contributed by atoms with Crippen molar-refractivity contribution in [1.29, 1.82) is 0 Å². The molecule has 1 aromatic rings. The summed E-state index contributed by atoms with van der Waals surface area (Å²) in [5.74, 6) is 1.38. The van der Waals surface area contributed by atoms with Gasteiger partial charge in [-0.25, -0.2) is 4.98 Å². The van der Waals surface area contributed by atoms with Crippen LogP contribution in [-0.4, -0.2) is 47.7 Å². The molecule has 0 aliphatic carbocycles. The van der Waals surface area contributed by atoms with Gasteiger partial charge >= 0.3 is 0 Å². The number of hydrogen-bond acceptors (Lipinski definition) is 4. The minimum atomic E-state index is 0.0807. The molecule has 1 fully saturated rings. The highest BCUT2D eigenvalue weighted by molar-refractivity contribution is 5.43. The van der Waals surface area contributed by atoms with Crippen LogP contribution in [0.5, 0.6) is 0 Å². The summed E-state index contributed by atoms with van der Waals surface area (Å²) >= 11 is 0. The highest BCUT2D eigenvalue weighted by atomic mass is 16.3. The zero-order valence-corrected chi connectivity index (χ0v) is 13.8. The molecule has 0 amide bonds. The van der Waals surface area contributed by atoms with E-state index in [0.29, 0.717) is 12.0 Å². The number of anilines is 1. The molecule has 1 aliphatic heterocycles. The number of pyridine rings is 1. The maximum absolute atomic E-state index is 9.47. The van der Waals surface area contributed by atoms with E-state index in [4.69, 9.17) is 4.98 Å². The van der Waals surface area contributed by atoms with Crippen molar-refractivity contribution < 1.29 is 5.11 Å². The smallest absolute Gasteiger partial charge is 0.129 e. The van der Waals surface area contributed by atoms with Gasteiger partial charge < -0.3 is 14.9 Å². The molecule has 2 rings (SSSR count). The summed E-state index contributed by atoms with van der Waals surface area (Å²) in [6.45, 7) is 10.1. The van der Waals surface area contributed by atoms with Crippen LogP contribution in [-0.2, 0) is 6.61 Å². The van der Waals surface area contributed by atoms with Gasteiger partial charge in [0.1, 0.15) is 5.82 Å². The molecule has 0 bridgehead atoms. The van der Waals surface area contributed by atoms with Gasteiger partial charge in [0.2, 0.25) is 0 Å². The van der Waals surface area contributed by atoms with Gasteiger partial charge in [0.15, 0.2) is 0 Å². The first-order chi connectivity index (χ1) is 10.0. The maximum Gasteiger partial charge on any atom is 0.129 e. The first-order valence-electron chi connectivity index (χ1n) is 8.12. The Kier molecular flexibility index (Phi) is 5.59. The van der Waals surface area contributed by atoms with E-state index in [1.165, 1.54) is 25.9 Å². The fourth-order valence-electron chi connectivity index (χ4n) is 2.97. The average molecular weight is 291 g/mol. The summed E-state index contributed by atoms with van der Waals surface area (Å²) < 4.78 is 0. The van der Waals surface area contributed by atoms with Crippen molar-refractivity contribution in [1.82, 2.24) is 9.88 Å². The molecule has 0 unspecified atom stereocenters. The third-order valence-electron chi connectivity index (χ3n) is 4.58. The number of aliphatic hydroxyl groups excluding tert-OH is 1. The first-order valence-corrected chi connectivity index (χ1v) is 8.12. The van der Waals surface area contributed by atoms with Crippen LogP contribution in [0.2, 0.25) is 0 Å². The quantitative estimate of drug-likeness (QED) is 0.905. The number of nitrogens with zero attached hydrogens (tertiary/aromatic N) is 3. The summed E-state index contributed by atoms with van der Waals surface area (Å²) in [4.78, 5) is 9.60. The molecule has 1 aromatic heterocycles. The van der Waals surface area contributed by atoms with Gasteiger partial charge in [0.25, 0.3) is 0 Å². The lowest BCUT2D eigenvalue weighted by Gasteiger charge is -2.37. The number of likely N-dealkylation sites (tertiary alicyclic amines) is 1. The molecule has 4 nitrogen and oxygen atoms in total. The number of aliphatic hydroxyl groups is 1. The van der Waals surface area contributed by atoms with Gasteiger partial charge in [-0.05, 0) is 43.0 Å². The van der Waals surface area contributed by atoms with Crippen molar-refractivity contribution in [2.24, 2.45) is 0 Å². The van der Waals surface area contributed by atoms with Crippen molar-refractivity contribution in [2.45, 2.75) is 52.2 Å². The predicted molar refractivity (Wildman–Crippen MR) is 87.8 cm³/mol. The SMILES string of the molecule is CCN1CCC(N(C)c2cc(CO)cc(C(C)C)n2)CC1. The number of piperidine rings is 1. The Morgan fingerprint density at radius 1 is 1.33 bits per heavy atom. The molecule has 0 spiro atoms. The molecule has 4 heteroatoms. The van der Waals surface area contributed by atoms with E-state index in [1.807, 2.05) is 12.1 Å². The van der Waals surface area contributed by atoms with Crippen molar-refractivity contribution in [3.8, 4) is 0 Å². The van der Waals surface area contributed by atoms with E-state index in [9.17, 15) is 5.11 Å². The number of aromatic nitrogens is 1. The molecule has 21 heavy (non-hydrogen) atoms. The predicted octanol–water partition coefficient (Wildman–Crippen LogP) is 2.62. The zero-order chi connectivity index (χ0) is 15.4. The topological polar surface area (TPSA) is 39.6 Å². The molecule has 1 saturated heterocycles. The van der Waals surface area contributed by atoms with Crippen LogP contribution < -0.4 is 4.90 Å². The molecule has 1 N–H and O–H groups in total. The molecule has 118 valence electrons. The van der Waals surface area contributed by atoms with Crippen molar-refractivity contribution in [3.63, 3.8) is 0 Å². The fraction of sp³-hybridized carbons (Fsp3) is 0.706. The van der Waals surface area contributed by atoms with Crippen LogP contribution in [0, 0.1) is 0 Å². The lowest BCUT2D eigenvalue weighted by molar-refractivity contribution is 0.220. The number of hydrogen-bond donors (Lipinski definition) is 1. The summed E-state index contributed by atoms with van der Waals surface area (Å²) in [5.41, 5.74) is 2.02. The average Bonchev–Trinajstić information content (AvgIpc) is 2.53. The highest BCUT2D eigenvalue weighted by Gasteiger charge is 2.23. The second-order valence-corrected chi connectivity index (χ2v) is 6.35. The normalized spacial score (nSPS) is 17.4. The Morgan fingerprint density at radius 3 is 2.52 bits per heavy atom. The number of rotatable bonds is 5. The van der Waals surface area contributed by atoms with Crippen molar-refractivity contribution in [2.75, 3.05) is 31.6 Å². The lowest BCUT2D eigenvalue weighted by atomic mass is 10.0. The van der Waals surface area contributed by atoms with Crippen LogP contribution in [0.25, 0.3) is 0 Å². The monoisotopic (exact) mass is 291 g/mol. The minimum absolute atomic E-state index is 0.0807. The summed E-state index contributed by atoms with van der Waals surface area (Å²) in [5, 5.41) is 9.47. The summed E-state index contributed by atoms with van der Waals surface area (Å²) in [7, 11) is 2.14. The second kappa shape index (κ2) is 7.23. The van der Waals surface area contributed by atoms with E-state index >= 15 is 0 Å². The third-order valence-corrected chi connectivity index (χ3v) is 4.58. The van der Waals surface area contributed by atoms with Crippen LogP contribution in [0.15, 0.2) is 12.1 Å². The zero-order valence-electron chi connectivity index (χ0n) is 13.8. The molecule has 0 radical (unpaired) electrons. The Hall–Kier alpha value is -1.13. The van der Waals surface area contributed by atoms with Crippen LogP contribution in [0.1, 0.15) is 50.8 Å². The van der Waals surface area contributed by atoms with Crippen LogP contribution in [0.4, 0.5) is 5.82 Å². The van der Waals surface area contributed by atoms with Crippen LogP contribution in [0.3, 0.4) is 0 Å². The van der Waals surface area contributed by atoms with E-state index in [-0.39, 0.29) is 6.61 Å². The largest absolute Gasteiger partial charge is 0.392 e. The highest BCUT2D eigenvalue weighted by Crippen LogP contribution is 2.24.